The second-order valence-electron chi connectivity index (χ2n) is 5.61. The number of piperidine rings is 1. The molecule has 1 heterocycles. The van der Waals surface area contributed by atoms with Crippen LogP contribution in [0.3, 0.4) is 0 Å². The summed E-state index contributed by atoms with van der Waals surface area (Å²) in [4.78, 5) is 14.3. The Labute approximate surface area is 125 Å². The van der Waals surface area contributed by atoms with Crippen molar-refractivity contribution in [2.24, 2.45) is 11.7 Å². The highest BCUT2D eigenvalue weighted by atomic mass is 19.1. The average Bonchev–Trinajstić information content (AvgIpc) is 2.49. The minimum atomic E-state index is -0.411. The van der Waals surface area contributed by atoms with Gasteiger partial charge in [-0.15, -0.1) is 0 Å². The number of para-hydroxylation sites is 1. The Morgan fingerprint density at radius 1 is 1.48 bits per heavy atom. The number of benzene rings is 1. The van der Waals surface area contributed by atoms with Gasteiger partial charge in [0, 0.05) is 12.6 Å². The average molecular weight is 293 g/mol. The van der Waals surface area contributed by atoms with Crippen LogP contribution in [0.5, 0.6) is 0 Å². The Bertz CT molecular complexity index is 480. The fourth-order valence-electron chi connectivity index (χ4n) is 3.16. The molecule has 2 rings (SSSR count). The summed E-state index contributed by atoms with van der Waals surface area (Å²) in [6.07, 6.45) is 3.33. The Morgan fingerprint density at radius 2 is 2.24 bits per heavy atom. The highest BCUT2D eigenvalue weighted by Crippen LogP contribution is 2.25. The third-order valence-electron chi connectivity index (χ3n) is 4.29. The molecule has 1 amide bonds. The van der Waals surface area contributed by atoms with Gasteiger partial charge in [0.15, 0.2) is 0 Å². The molecule has 21 heavy (non-hydrogen) atoms. The van der Waals surface area contributed by atoms with Gasteiger partial charge in [-0.2, -0.15) is 0 Å². The third kappa shape index (κ3) is 4.02. The summed E-state index contributed by atoms with van der Waals surface area (Å²) in [5.74, 6) is -0.0494. The molecule has 1 aromatic carbocycles. The number of hydrogen-bond donors (Lipinski definition) is 2. The number of carbonyl (C=O) groups is 1. The molecule has 2 unspecified atom stereocenters. The van der Waals surface area contributed by atoms with Gasteiger partial charge in [0.25, 0.3) is 0 Å². The second kappa shape index (κ2) is 7.52. The van der Waals surface area contributed by atoms with E-state index in [0.29, 0.717) is 12.5 Å². The maximum Gasteiger partial charge on any atom is 0.238 e. The maximum absolute atomic E-state index is 13.5. The van der Waals surface area contributed by atoms with E-state index in [2.05, 4.69) is 17.1 Å². The van der Waals surface area contributed by atoms with Crippen molar-refractivity contribution in [2.75, 3.05) is 25.0 Å². The molecular formula is C16H24FN3O. The number of nitrogens with two attached hydrogens (primary N) is 1. The van der Waals surface area contributed by atoms with Gasteiger partial charge in [0.2, 0.25) is 5.91 Å². The molecule has 0 bridgehead atoms. The predicted octanol–water partition coefficient (Wildman–Crippen LogP) is 2.21. The zero-order chi connectivity index (χ0) is 15.2. The van der Waals surface area contributed by atoms with E-state index in [-0.39, 0.29) is 24.2 Å². The first-order chi connectivity index (χ1) is 10.2. The molecule has 3 N–H and O–H groups in total. The maximum atomic E-state index is 13.5. The molecule has 0 radical (unpaired) electrons. The number of nitrogens with zero attached hydrogens (tertiary/aromatic N) is 1. The van der Waals surface area contributed by atoms with Crippen LogP contribution >= 0.6 is 0 Å². The van der Waals surface area contributed by atoms with Crippen LogP contribution in [0, 0.1) is 11.7 Å². The lowest BCUT2D eigenvalue weighted by Gasteiger charge is -2.40. The molecule has 1 fully saturated rings. The van der Waals surface area contributed by atoms with Crippen LogP contribution in [-0.2, 0) is 4.79 Å². The normalized spacial score (nSPS) is 23.0. The van der Waals surface area contributed by atoms with E-state index in [9.17, 15) is 9.18 Å². The molecule has 5 heteroatoms. The standard InChI is InChI=1S/C16H24FN3O/c1-2-12-6-5-9-20(15(12)10-18)11-16(21)19-14-8-4-3-7-13(14)17/h3-4,7-8,12,15H,2,5-6,9-11,18H2,1H3,(H,19,21). The lowest BCUT2D eigenvalue weighted by atomic mass is 9.87. The monoisotopic (exact) mass is 293 g/mol. The van der Waals surface area contributed by atoms with Crippen molar-refractivity contribution >= 4 is 11.6 Å². The van der Waals surface area contributed by atoms with Crippen LogP contribution in [0.1, 0.15) is 26.2 Å². The van der Waals surface area contributed by atoms with Crippen molar-refractivity contribution in [2.45, 2.75) is 32.2 Å². The van der Waals surface area contributed by atoms with Crippen molar-refractivity contribution in [3.63, 3.8) is 0 Å². The summed E-state index contributed by atoms with van der Waals surface area (Å²) >= 11 is 0. The molecule has 1 aliphatic heterocycles. The second-order valence-corrected chi connectivity index (χ2v) is 5.61. The number of amides is 1. The molecule has 4 nitrogen and oxygen atoms in total. The van der Waals surface area contributed by atoms with Gasteiger partial charge >= 0.3 is 0 Å². The Kier molecular flexibility index (Phi) is 5.70. The molecule has 1 aromatic rings. The molecule has 1 saturated heterocycles. The molecule has 1 aliphatic rings. The molecular weight excluding hydrogens is 269 g/mol. The SMILES string of the molecule is CCC1CCCN(CC(=O)Nc2ccccc2F)C1CN. The van der Waals surface area contributed by atoms with Crippen molar-refractivity contribution < 1.29 is 9.18 Å². The quantitative estimate of drug-likeness (QED) is 0.875. The van der Waals surface area contributed by atoms with Gasteiger partial charge in [-0.1, -0.05) is 25.5 Å². The van der Waals surface area contributed by atoms with Crippen LogP contribution in [0.15, 0.2) is 24.3 Å². The Morgan fingerprint density at radius 3 is 2.90 bits per heavy atom. The Balaban J connectivity index is 1.96. The molecule has 0 saturated carbocycles. The van der Waals surface area contributed by atoms with E-state index >= 15 is 0 Å². The largest absolute Gasteiger partial charge is 0.329 e. The summed E-state index contributed by atoms with van der Waals surface area (Å²) < 4.78 is 13.5. The van der Waals surface area contributed by atoms with E-state index in [1.54, 1.807) is 18.2 Å². The molecule has 116 valence electrons. The highest BCUT2D eigenvalue weighted by Gasteiger charge is 2.30. The van der Waals surface area contributed by atoms with Gasteiger partial charge in [-0.05, 0) is 37.4 Å². The molecule has 0 aromatic heterocycles. The van der Waals surface area contributed by atoms with Crippen molar-refractivity contribution in [3.05, 3.63) is 30.1 Å². The van der Waals surface area contributed by atoms with Gasteiger partial charge < -0.3 is 11.1 Å². The van der Waals surface area contributed by atoms with Crippen molar-refractivity contribution in [3.8, 4) is 0 Å². The Hall–Kier alpha value is -1.46. The van der Waals surface area contributed by atoms with Crippen LogP contribution in [0.4, 0.5) is 10.1 Å². The number of carbonyl (C=O) groups excluding carboxylic acids is 1. The van der Waals surface area contributed by atoms with E-state index in [0.717, 1.165) is 19.4 Å². The smallest absolute Gasteiger partial charge is 0.238 e. The first kappa shape index (κ1) is 15.9. The van der Waals surface area contributed by atoms with Gasteiger partial charge in [-0.25, -0.2) is 4.39 Å². The zero-order valence-corrected chi connectivity index (χ0v) is 12.5. The van der Waals surface area contributed by atoms with Crippen molar-refractivity contribution in [1.82, 2.24) is 4.90 Å². The van der Waals surface area contributed by atoms with Crippen LogP contribution in [-0.4, -0.2) is 36.5 Å². The summed E-state index contributed by atoms with van der Waals surface area (Å²) in [5.41, 5.74) is 6.11. The van der Waals surface area contributed by atoms with Crippen LogP contribution in [0.25, 0.3) is 0 Å². The van der Waals surface area contributed by atoms with Crippen LogP contribution in [0.2, 0.25) is 0 Å². The van der Waals surface area contributed by atoms with E-state index < -0.39 is 5.82 Å². The molecule has 2 atom stereocenters. The minimum Gasteiger partial charge on any atom is -0.329 e. The number of likely N-dealkylation sites (tertiary alicyclic amines) is 1. The lowest BCUT2D eigenvalue weighted by Crippen LogP contribution is -2.51. The van der Waals surface area contributed by atoms with E-state index in [1.165, 1.54) is 12.5 Å². The fourth-order valence-corrected chi connectivity index (χ4v) is 3.16. The number of hydrogen-bond acceptors (Lipinski definition) is 3. The zero-order valence-electron chi connectivity index (χ0n) is 12.5. The predicted molar refractivity (Wildman–Crippen MR) is 82.5 cm³/mol. The highest BCUT2D eigenvalue weighted by molar-refractivity contribution is 5.92. The van der Waals surface area contributed by atoms with Gasteiger partial charge in [0.1, 0.15) is 5.82 Å². The summed E-state index contributed by atoms with van der Waals surface area (Å²) in [6, 6.07) is 6.46. The summed E-state index contributed by atoms with van der Waals surface area (Å²) in [6.45, 7) is 3.87. The first-order valence-electron chi connectivity index (χ1n) is 7.64. The summed E-state index contributed by atoms with van der Waals surface area (Å²) in [5, 5.41) is 2.64. The van der Waals surface area contributed by atoms with E-state index in [1.807, 2.05) is 0 Å². The van der Waals surface area contributed by atoms with E-state index in [4.69, 9.17) is 5.73 Å². The number of nitrogens with one attached hydrogen (secondary N) is 1. The van der Waals surface area contributed by atoms with Crippen molar-refractivity contribution in [1.29, 1.82) is 0 Å². The fraction of sp³-hybridized carbons (Fsp3) is 0.562. The lowest BCUT2D eigenvalue weighted by molar-refractivity contribution is -0.118. The topological polar surface area (TPSA) is 58.4 Å². The third-order valence-corrected chi connectivity index (χ3v) is 4.29. The number of halogens is 1. The number of rotatable bonds is 5. The minimum absolute atomic E-state index is 0.185. The summed E-state index contributed by atoms with van der Waals surface area (Å²) in [7, 11) is 0. The van der Waals surface area contributed by atoms with Gasteiger partial charge in [0.05, 0.1) is 12.2 Å². The van der Waals surface area contributed by atoms with Crippen LogP contribution < -0.4 is 11.1 Å². The molecule has 0 spiro atoms. The number of anilines is 1. The van der Waals surface area contributed by atoms with Gasteiger partial charge in [-0.3, -0.25) is 9.69 Å². The first-order valence-corrected chi connectivity index (χ1v) is 7.64. The molecule has 0 aliphatic carbocycles.